The number of aliphatic hydroxyl groups excluding tert-OH is 1. The molecule has 80 valence electrons. The van der Waals surface area contributed by atoms with Gasteiger partial charge in [0.25, 0.3) is 0 Å². The quantitative estimate of drug-likeness (QED) is 0.741. The first-order valence-electron chi connectivity index (χ1n) is 4.57. The molecule has 0 radical (unpaired) electrons. The fraction of sp³-hybridized carbons (Fsp3) is 1.00. The van der Waals surface area contributed by atoms with Gasteiger partial charge in [0, 0.05) is 0 Å². The summed E-state index contributed by atoms with van der Waals surface area (Å²) in [7, 11) is 0. The molecular weight excluding hydrogens is 171 g/mol. The third kappa shape index (κ3) is 4.05. The highest BCUT2D eigenvalue weighted by Crippen LogP contribution is 2.38. The van der Waals surface area contributed by atoms with Crippen LogP contribution in [0.2, 0.25) is 0 Å². The van der Waals surface area contributed by atoms with Gasteiger partial charge in [0.2, 0.25) is 6.36 Å². The summed E-state index contributed by atoms with van der Waals surface area (Å²) in [5.74, 6) is 0. The molecule has 13 heavy (non-hydrogen) atoms. The molecule has 0 spiro atoms. The Bertz CT molecular complexity index is 149. The van der Waals surface area contributed by atoms with E-state index in [0.29, 0.717) is 6.61 Å². The topological polar surface area (TPSA) is 29.5 Å². The lowest BCUT2D eigenvalue weighted by Crippen LogP contribution is -2.35. The summed E-state index contributed by atoms with van der Waals surface area (Å²) >= 11 is 0. The lowest BCUT2D eigenvalue weighted by atomic mass is 9.70. The molecule has 0 saturated carbocycles. The second kappa shape index (κ2) is 4.38. The van der Waals surface area contributed by atoms with E-state index >= 15 is 0 Å². The first-order valence-corrected chi connectivity index (χ1v) is 4.57. The number of hydrogen-bond donors (Lipinski definition) is 1. The van der Waals surface area contributed by atoms with Gasteiger partial charge in [-0.1, -0.05) is 34.6 Å². The van der Waals surface area contributed by atoms with Gasteiger partial charge >= 0.3 is 0 Å². The van der Waals surface area contributed by atoms with E-state index in [1.165, 1.54) is 0 Å². The number of aliphatic hydroxyl groups is 1. The highest BCUT2D eigenvalue weighted by atomic mass is 19.1. The third-order valence-corrected chi connectivity index (χ3v) is 2.80. The number of hydrogen-bond acceptors (Lipinski definition) is 2. The first-order chi connectivity index (χ1) is 5.70. The Hall–Kier alpha value is -0.150. The minimum atomic E-state index is -1.55. The highest BCUT2D eigenvalue weighted by Gasteiger charge is 2.33. The molecule has 0 fully saturated rings. The molecule has 0 aliphatic heterocycles. The Balaban J connectivity index is 4.04. The van der Waals surface area contributed by atoms with E-state index in [9.17, 15) is 4.39 Å². The van der Waals surface area contributed by atoms with E-state index in [-0.39, 0.29) is 10.8 Å². The zero-order chi connectivity index (χ0) is 10.7. The maximum Gasteiger partial charge on any atom is 0.222 e. The van der Waals surface area contributed by atoms with Crippen LogP contribution in [0.1, 0.15) is 34.6 Å². The van der Waals surface area contributed by atoms with Crippen LogP contribution in [0.3, 0.4) is 0 Å². The molecule has 0 aromatic carbocycles. The summed E-state index contributed by atoms with van der Waals surface area (Å²) in [5.41, 5.74) is -0.0469. The molecule has 3 heteroatoms. The Morgan fingerprint density at radius 2 is 1.69 bits per heavy atom. The van der Waals surface area contributed by atoms with Gasteiger partial charge in [-0.05, 0) is 10.8 Å². The standard InChI is InChI=1S/C10H21FO2/c1-9(2,3)10(4,5)7-13-8(11)6-12/h8,12H,6-7H2,1-5H3. The summed E-state index contributed by atoms with van der Waals surface area (Å²) < 4.78 is 17.4. The maximum absolute atomic E-state index is 12.6. The van der Waals surface area contributed by atoms with Crippen LogP contribution in [0.15, 0.2) is 0 Å². The molecule has 0 bridgehead atoms. The van der Waals surface area contributed by atoms with Gasteiger partial charge in [-0.15, -0.1) is 0 Å². The van der Waals surface area contributed by atoms with Crippen LogP contribution in [0, 0.1) is 10.8 Å². The van der Waals surface area contributed by atoms with Crippen LogP contribution in [-0.2, 0) is 4.74 Å². The van der Waals surface area contributed by atoms with Crippen molar-refractivity contribution in [2.75, 3.05) is 13.2 Å². The summed E-state index contributed by atoms with van der Waals surface area (Å²) in [4.78, 5) is 0. The van der Waals surface area contributed by atoms with Crippen LogP contribution in [0.25, 0.3) is 0 Å². The SMILES string of the molecule is CC(C)(C)C(C)(C)COC(F)CO. The average molecular weight is 192 g/mol. The molecule has 1 N–H and O–H groups in total. The predicted molar refractivity (Wildman–Crippen MR) is 51.2 cm³/mol. The van der Waals surface area contributed by atoms with E-state index < -0.39 is 13.0 Å². The molecule has 0 aliphatic rings. The molecular formula is C10H21FO2. The van der Waals surface area contributed by atoms with E-state index in [0.717, 1.165) is 0 Å². The monoisotopic (exact) mass is 192 g/mol. The fourth-order valence-electron chi connectivity index (χ4n) is 0.568. The van der Waals surface area contributed by atoms with Gasteiger partial charge in [0.15, 0.2) is 0 Å². The Kier molecular flexibility index (Phi) is 4.33. The molecule has 2 nitrogen and oxygen atoms in total. The van der Waals surface area contributed by atoms with Crippen molar-refractivity contribution in [1.29, 1.82) is 0 Å². The molecule has 0 heterocycles. The summed E-state index contributed by atoms with van der Waals surface area (Å²) in [6, 6.07) is 0. The van der Waals surface area contributed by atoms with Crippen molar-refractivity contribution in [3.8, 4) is 0 Å². The maximum atomic E-state index is 12.6. The predicted octanol–water partition coefficient (Wildman–Crippen LogP) is 2.36. The van der Waals surface area contributed by atoms with Crippen molar-refractivity contribution in [3.05, 3.63) is 0 Å². The zero-order valence-electron chi connectivity index (χ0n) is 9.22. The van der Waals surface area contributed by atoms with Crippen molar-refractivity contribution in [2.24, 2.45) is 10.8 Å². The molecule has 0 amide bonds. The molecule has 1 atom stereocenters. The molecule has 0 aliphatic carbocycles. The van der Waals surface area contributed by atoms with Gasteiger partial charge in [0.1, 0.15) is 0 Å². The van der Waals surface area contributed by atoms with Crippen molar-refractivity contribution >= 4 is 0 Å². The lowest BCUT2D eigenvalue weighted by Gasteiger charge is -2.38. The average Bonchev–Trinajstić information content (AvgIpc) is 1.98. The van der Waals surface area contributed by atoms with Gasteiger partial charge < -0.3 is 9.84 Å². The number of rotatable bonds is 4. The van der Waals surface area contributed by atoms with Gasteiger partial charge in [0.05, 0.1) is 13.2 Å². The number of ether oxygens (including phenoxy) is 1. The van der Waals surface area contributed by atoms with E-state index in [2.05, 4.69) is 20.8 Å². The highest BCUT2D eigenvalue weighted by molar-refractivity contribution is 4.82. The fourth-order valence-corrected chi connectivity index (χ4v) is 0.568. The number of alkyl halides is 1. The Morgan fingerprint density at radius 3 is 2.00 bits per heavy atom. The van der Waals surface area contributed by atoms with Crippen LogP contribution < -0.4 is 0 Å². The summed E-state index contributed by atoms with van der Waals surface area (Å²) in [6.07, 6.45) is -1.55. The molecule has 0 saturated heterocycles. The minimum absolute atomic E-state index is 0.0577. The lowest BCUT2D eigenvalue weighted by molar-refractivity contribution is -0.112. The van der Waals surface area contributed by atoms with Gasteiger partial charge in [-0.25, -0.2) is 4.39 Å². The van der Waals surface area contributed by atoms with Crippen molar-refractivity contribution < 1.29 is 14.2 Å². The second-order valence-electron chi connectivity index (χ2n) is 5.04. The van der Waals surface area contributed by atoms with E-state index in [4.69, 9.17) is 9.84 Å². The molecule has 0 aromatic heterocycles. The second-order valence-corrected chi connectivity index (χ2v) is 5.04. The van der Waals surface area contributed by atoms with Crippen LogP contribution in [0.4, 0.5) is 4.39 Å². The van der Waals surface area contributed by atoms with Crippen LogP contribution in [-0.4, -0.2) is 24.7 Å². The first kappa shape index (κ1) is 12.8. The zero-order valence-corrected chi connectivity index (χ0v) is 9.22. The van der Waals surface area contributed by atoms with Crippen molar-refractivity contribution in [2.45, 2.75) is 41.0 Å². The van der Waals surface area contributed by atoms with Gasteiger partial charge in [-0.3, -0.25) is 0 Å². The van der Waals surface area contributed by atoms with E-state index in [1.807, 2.05) is 13.8 Å². The van der Waals surface area contributed by atoms with Crippen LogP contribution in [0.5, 0.6) is 0 Å². The Morgan fingerprint density at radius 1 is 1.23 bits per heavy atom. The molecule has 0 aromatic rings. The summed E-state index contributed by atoms with van der Waals surface area (Å²) in [5, 5.41) is 8.43. The third-order valence-electron chi connectivity index (χ3n) is 2.80. The van der Waals surface area contributed by atoms with Gasteiger partial charge in [-0.2, -0.15) is 0 Å². The minimum Gasteiger partial charge on any atom is -0.391 e. The Labute approximate surface area is 80.1 Å². The molecule has 1 unspecified atom stereocenters. The normalized spacial score (nSPS) is 15.9. The smallest absolute Gasteiger partial charge is 0.222 e. The van der Waals surface area contributed by atoms with E-state index in [1.54, 1.807) is 0 Å². The number of halogens is 1. The van der Waals surface area contributed by atoms with Crippen molar-refractivity contribution in [3.63, 3.8) is 0 Å². The largest absolute Gasteiger partial charge is 0.391 e. The molecule has 0 rings (SSSR count). The summed E-state index contributed by atoms with van der Waals surface area (Å²) in [6.45, 7) is 10.1. The van der Waals surface area contributed by atoms with Crippen LogP contribution >= 0.6 is 0 Å². The van der Waals surface area contributed by atoms with Crippen molar-refractivity contribution in [1.82, 2.24) is 0 Å².